The number of rotatable bonds is 24. The molecule has 19 nitrogen and oxygen atoms in total. The van der Waals surface area contributed by atoms with Crippen molar-refractivity contribution >= 4 is 81.9 Å². The number of amides is 6. The van der Waals surface area contributed by atoms with Gasteiger partial charge in [-0.2, -0.15) is 0 Å². The lowest BCUT2D eigenvalue weighted by molar-refractivity contribution is -0.141. The van der Waals surface area contributed by atoms with Gasteiger partial charge in [-0.3, -0.25) is 48.4 Å². The number of hydrogen-bond acceptors (Lipinski definition) is 14. The molecule has 5 heterocycles. The highest BCUT2D eigenvalue weighted by molar-refractivity contribution is 6.07. The van der Waals surface area contributed by atoms with E-state index in [4.69, 9.17) is 33.7 Å². The number of benzene rings is 4. The van der Waals surface area contributed by atoms with Crippen molar-refractivity contribution in [3.63, 3.8) is 0 Å². The number of fused-ring (bicyclic) bond motifs is 4. The van der Waals surface area contributed by atoms with Gasteiger partial charge in [0.15, 0.2) is 28.8 Å². The van der Waals surface area contributed by atoms with E-state index in [0.29, 0.717) is 96.3 Å². The Balaban J connectivity index is 0.734. The van der Waals surface area contributed by atoms with Crippen LogP contribution in [-0.2, 0) is 24.0 Å². The lowest BCUT2D eigenvalue weighted by Gasteiger charge is -2.23. The summed E-state index contributed by atoms with van der Waals surface area (Å²) in [6.45, 7) is 9.74. The quantitative estimate of drug-likeness (QED) is 0.0494. The number of carbonyl (C=O) groups excluding carboxylic acids is 7. The summed E-state index contributed by atoms with van der Waals surface area (Å²) in [6, 6.07) is 20.4. The fourth-order valence-corrected chi connectivity index (χ4v) is 10.8. The topological polar surface area (TPSA) is 224 Å². The third-order valence-corrected chi connectivity index (χ3v) is 15.5. The maximum absolute atomic E-state index is 14.1. The van der Waals surface area contributed by atoms with E-state index in [2.05, 4.69) is 10.6 Å². The molecule has 0 aromatic heterocycles. The zero-order valence-electron chi connectivity index (χ0n) is 47.7. The van der Waals surface area contributed by atoms with Gasteiger partial charge in [0.25, 0.3) is 11.8 Å². The van der Waals surface area contributed by atoms with Crippen molar-refractivity contribution in [1.29, 1.82) is 0 Å². The van der Waals surface area contributed by atoms with Gasteiger partial charge < -0.3 is 44.1 Å². The smallest absolute Gasteiger partial charge is 0.260 e. The summed E-state index contributed by atoms with van der Waals surface area (Å²) in [4.78, 5) is 107. The summed E-state index contributed by atoms with van der Waals surface area (Å²) in [5, 5.41) is 5.77. The molecule has 4 atom stereocenters. The monoisotopic (exact) mass is 1120 g/mol. The highest BCUT2D eigenvalue weighted by Gasteiger charge is 2.44. The van der Waals surface area contributed by atoms with Crippen LogP contribution < -0.4 is 34.3 Å². The van der Waals surface area contributed by atoms with Crippen LogP contribution in [0.25, 0.3) is 11.1 Å². The van der Waals surface area contributed by atoms with E-state index in [1.165, 1.54) is 19.1 Å². The number of nitrogens with one attached hydrogen (secondary N) is 2. The Morgan fingerprint density at radius 1 is 0.671 bits per heavy atom. The first-order valence-electron chi connectivity index (χ1n) is 27.9. The molecule has 2 unspecified atom stereocenters. The average molecular weight is 1120 g/mol. The van der Waals surface area contributed by atoms with Gasteiger partial charge in [0.1, 0.15) is 5.75 Å². The number of carbonyl (C=O) groups is 7. The second-order valence-electron chi connectivity index (χ2n) is 22.3. The van der Waals surface area contributed by atoms with Gasteiger partial charge >= 0.3 is 0 Å². The van der Waals surface area contributed by atoms with Gasteiger partial charge in [0.2, 0.25) is 23.6 Å². The van der Waals surface area contributed by atoms with E-state index in [9.17, 15) is 33.6 Å². The number of likely N-dealkylation sites (tertiary alicyclic amines) is 1. The number of ketones is 1. The van der Waals surface area contributed by atoms with Crippen molar-refractivity contribution in [2.75, 3.05) is 46.4 Å². The Labute approximate surface area is 477 Å². The number of aliphatic imine (C=N–C) groups is 2. The molecule has 82 heavy (non-hydrogen) atoms. The number of unbranched alkanes of at least 4 members (excludes halogenated alkanes) is 2. The van der Waals surface area contributed by atoms with Gasteiger partial charge in [-0.1, -0.05) is 65.3 Å². The molecule has 5 aliphatic rings. The summed E-state index contributed by atoms with van der Waals surface area (Å²) in [7, 11) is 4.66. The third kappa shape index (κ3) is 12.8. The molecule has 0 saturated carbocycles. The molecule has 9 rings (SSSR count). The van der Waals surface area contributed by atoms with Gasteiger partial charge in [-0.25, -0.2) is 0 Å². The van der Waals surface area contributed by atoms with Crippen LogP contribution in [0.2, 0.25) is 0 Å². The van der Waals surface area contributed by atoms with E-state index in [1.807, 2.05) is 62.6 Å². The third-order valence-electron chi connectivity index (χ3n) is 15.5. The molecule has 0 aliphatic carbocycles. The van der Waals surface area contributed by atoms with Gasteiger partial charge in [0, 0.05) is 93.6 Å². The van der Waals surface area contributed by atoms with Crippen molar-refractivity contribution in [2.45, 2.75) is 111 Å². The Hall–Kier alpha value is -8.61. The molecule has 430 valence electrons. The first-order valence-corrected chi connectivity index (χ1v) is 27.9. The first-order chi connectivity index (χ1) is 39.4. The summed E-state index contributed by atoms with van der Waals surface area (Å²) < 4.78 is 29.0. The summed E-state index contributed by atoms with van der Waals surface area (Å²) in [6.07, 6.45) is 11.0. The number of anilines is 1. The van der Waals surface area contributed by atoms with Crippen LogP contribution in [0.3, 0.4) is 0 Å². The van der Waals surface area contributed by atoms with Gasteiger partial charge in [-0.15, -0.1) is 0 Å². The van der Waals surface area contributed by atoms with Crippen LogP contribution in [0.15, 0.2) is 95.2 Å². The van der Waals surface area contributed by atoms with Crippen LogP contribution in [-0.4, -0.2) is 128 Å². The van der Waals surface area contributed by atoms with Crippen LogP contribution in [0.4, 0.5) is 17.1 Å². The molecule has 5 aliphatic heterocycles. The van der Waals surface area contributed by atoms with Crippen molar-refractivity contribution in [2.24, 2.45) is 27.2 Å². The maximum Gasteiger partial charge on any atom is 0.260 e. The predicted octanol–water partition coefficient (Wildman–Crippen LogP) is 9.52. The molecule has 4 aromatic carbocycles. The zero-order chi connectivity index (χ0) is 58.4. The second-order valence-corrected chi connectivity index (χ2v) is 22.3. The van der Waals surface area contributed by atoms with Gasteiger partial charge in [0.05, 0.1) is 80.6 Å². The minimum absolute atomic E-state index is 0.0659. The molecule has 2 N–H and O–H groups in total. The summed E-state index contributed by atoms with van der Waals surface area (Å²) >= 11 is 0. The van der Waals surface area contributed by atoms with Crippen molar-refractivity contribution in [1.82, 2.24) is 20.0 Å². The van der Waals surface area contributed by atoms with Crippen molar-refractivity contribution in [3.8, 4) is 28.7 Å². The zero-order valence-corrected chi connectivity index (χ0v) is 47.7. The minimum atomic E-state index is -0.758. The summed E-state index contributed by atoms with van der Waals surface area (Å²) in [5.74, 6) is -0.0890. The Kier molecular flexibility index (Phi) is 17.7. The number of nitrogens with zero attached hydrogens (tertiary/aromatic N) is 5. The molecule has 0 bridgehead atoms. The minimum Gasteiger partial charge on any atom is -0.497 e. The fraction of sp³-hybridized carbons (Fsp3) is 0.413. The first kappa shape index (κ1) is 58.1. The summed E-state index contributed by atoms with van der Waals surface area (Å²) in [5.41, 5.74) is 5.36. The van der Waals surface area contributed by atoms with E-state index in [1.54, 1.807) is 86.5 Å². The maximum atomic E-state index is 14.1. The Morgan fingerprint density at radius 3 is 1.70 bits per heavy atom. The largest absolute Gasteiger partial charge is 0.497 e. The van der Waals surface area contributed by atoms with E-state index < -0.39 is 17.4 Å². The molecular formula is C63H71N7O12. The van der Waals surface area contributed by atoms with E-state index in [0.717, 1.165) is 28.0 Å². The van der Waals surface area contributed by atoms with Crippen LogP contribution in [0.5, 0.6) is 28.7 Å². The van der Waals surface area contributed by atoms with Gasteiger partial charge in [-0.05, 0) is 77.4 Å². The standard InChI is InChI=1S/C63H71N7O12/c1-37(2)58(67-56(72)13-10-9-11-22-68-57(73)32-63(4,5)62(68)77)51(71)25-38(3)59(74)66-43-18-14-39(15-19-43)41-26-44-33-64-49-30-54(52(79-7)28-47(49)60(75)69(44)35-41)81-23-12-24-82-55-31-50-48(29-53(55)80-8)61(76)70-36-42(27-45(70)34-65-50)40-16-20-46(78-6)21-17-40/h14-21,28-31,33-38,44-45,58H,9-13,22-27,32H2,1-8H3,(H,66,74)(H,67,72)/t38-,44?,45+,58?/m1/s1. The van der Waals surface area contributed by atoms with Crippen LogP contribution >= 0.6 is 0 Å². The predicted molar refractivity (Wildman–Crippen MR) is 310 cm³/mol. The SMILES string of the molecule is COc1ccc(C2=CN3C(=O)c4cc(OC)c(OCCCOc5cc6c(cc5OC)C(=O)N5C=C(c7ccc(NC(=O)[C@H](C)CC(=O)C(NC(=O)CCCCCN8C(=O)CC(C)(C)C8=O)C(C)C)cc7)CC5C=N6)cc4N=C[C@@H]3C2)cc1. The lowest BCUT2D eigenvalue weighted by atomic mass is 9.92. The number of Topliss-reactive ketones (excluding diaryl/α,β-unsaturated/α-hetero) is 1. The van der Waals surface area contributed by atoms with E-state index in [-0.39, 0.29) is 91.7 Å². The molecular weight excluding hydrogens is 1050 g/mol. The normalized spacial score (nSPS) is 18.4. The lowest BCUT2D eigenvalue weighted by Crippen LogP contribution is -2.45. The fourth-order valence-electron chi connectivity index (χ4n) is 10.8. The number of ether oxygens (including phenoxy) is 5. The number of imide groups is 1. The number of methoxy groups -OCH3 is 3. The molecule has 6 amide bonds. The average Bonchev–Trinajstić information content (AvgIpc) is 4.19. The van der Waals surface area contributed by atoms with Crippen molar-refractivity contribution < 1.29 is 57.2 Å². The second kappa shape index (κ2) is 25.0. The Morgan fingerprint density at radius 2 is 1.21 bits per heavy atom. The molecule has 19 heteroatoms. The van der Waals surface area contributed by atoms with Crippen LogP contribution in [0.1, 0.15) is 124 Å². The molecule has 0 radical (unpaired) electrons. The molecule has 1 saturated heterocycles. The van der Waals surface area contributed by atoms with Crippen LogP contribution in [0, 0.1) is 17.3 Å². The number of hydrogen-bond donors (Lipinski definition) is 2. The highest BCUT2D eigenvalue weighted by atomic mass is 16.5. The van der Waals surface area contributed by atoms with Crippen molar-refractivity contribution in [3.05, 3.63) is 107 Å². The molecule has 0 spiro atoms. The van der Waals surface area contributed by atoms with E-state index >= 15 is 0 Å². The highest BCUT2D eigenvalue weighted by Crippen LogP contribution is 2.42. The molecule has 1 fully saturated rings. The Bertz CT molecular complexity index is 3270. The molecule has 4 aromatic rings.